The van der Waals surface area contributed by atoms with Gasteiger partial charge in [0.25, 0.3) is 0 Å². The number of carbonyl (C=O) groups excluding carboxylic acids is 2. The molecule has 1 aliphatic rings. The highest BCUT2D eigenvalue weighted by atomic mass is 16.6. The van der Waals surface area contributed by atoms with Crippen LogP contribution in [0.2, 0.25) is 0 Å². The van der Waals surface area contributed by atoms with Crippen LogP contribution >= 0.6 is 0 Å². The third kappa shape index (κ3) is 5.35. The van der Waals surface area contributed by atoms with Gasteiger partial charge < -0.3 is 25.3 Å². The normalized spacial score (nSPS) is 20.4. The van der Waals surface area contributed by atoms with E-state index in [1.807, 2.05) is 32.9 Å². The standard InChI is InChI=1S/C19H27N3O5/c1-19(2,3)27-18(24)22-11-12(10-16(23)26-4)9-15(22)13-5-7-14(8-6-13)17(20)21-25/h5-8,12,15,25H,9-11H2,1-4H3,(H2,20,21)/t12-,15+/m1/s1. The summed E-state index contributed by atoms with van der Waals surface area (Å²) < 4.78 is 10.3. The number of nitrogens with zero attached hydrogens (tertiary/aromatic N) is 2. The first kappa shape index (κ1) is 20.5. The zero-order chi connectivity index (χ0) is 20.2. The first-order valence-corrected chi connectivity index (χ1v) is 8.79. The molecule has 0 aliphatic carbocycles. The maximum atomic E-state index is 12.7. The molecule has 148 valence electrons. The summed E-state index contributed by atoms with van der Waals surface area (Å²) in [5.41, 5.74) is 6.46. The molecule has 1 heterocycles. The number of rotatable bonds is 4. The van der Waals surface area contributed by atoms with E-state index < -0.39 is 11.7 Å². The van der Waals surface area contributed by atoms with E-state index in [-0.39, 0.29) is 30.2 Å². The van der Waals surface area contributed by atoms with Gasteiger partial charge in [-0.2, -0.15) is 0 Å². The summed E-state index contributed by atoms with van der Waals surface area (Å²) >= 11 is 0. The van der Waals surface area contributed by atoms with Crippen molar-refractivity contribution in [2.45, 2.75) is 45.3 Å². The average Bonchev–Trinajstić information content (AvgIpc) is 3.03. The van der Waals surface area contributed by atoms with Gasteiger partial charge in [0.05, 0.1) is 19.6 Å². The summed E-state index contributed by atoms with van der Waals surface area (Å²) in [5, 5.41) is 11.8. The molecule has 0 bridgehead atoms. The topological polar surface area (TPSA) is 114 Å². The molecule has 2 rings (SSSR count). The second kappa shape index (κ2) is 8.28. The number of esters is 1. The van der Waals surface area contributed by atoms with E-state index in [1.165, 1.54) is 7.11 Å². The lowest BCUT2D eigenvalue weighted by Gasteiger charge is -2.29. The molecule has 1 fully saturated rings. The Morgan fingerprint density at radius 1 is 1.30 bits per heavy atom. The maximum Gasteiger partial charge on any atom is 0.410 e. The molecule has 1 amide bonds. The first-order chi connectivity index (χ1) is 12.6. The van der Waals surface area contributed by atoms with Crippen molar-refractivity contribution < 1.29 is 24.3 Å². The quantitative estimate of drug-likeness (QED) is 0.274. The molecule has 27 heavy (non-hydrogen) atoms. The van der Waals surface area contributed by atoms with Gasteiger partial charge in [-0.15, -0.1) is 0 Å². The number of likely N-dealkylation sites (tertiary alicyclic amines) is 1. The van der Waals surface area contributed by atoms with Crippen molar-refractivity contribution in [1.29, 1.82) is 0 Å². The molecule has 0 aromatic heterocycles. The van der Waals surface area contributed by atoms with Crippen molar-refractivity contribution in [1.82, 2.24) is 4.90 Å². The Labute approximate surface area is 158 Å². The third-order valence-electron chi connectivity index (χ3n) is 4.40. The molecule has 0 unspecified atom stereocenters. The third-order valence-corrected chi connectivity index (χ3v) is 4.40. The van der Waals surface area contributed by atoms with E-state index in [0.29, 0.717) is 18.5 Å². The highest BCUT2D eigenvalue weighted by Crippen LogP contribution is 2.38. The Kier molecular flexibility index (Phi) is 6.30. The summed E-state index contributed by atoms with van der Waals surface area (Å²) in [6.07, 6.45) is 0.451. The lowest BCUT2D eigenvalue weighted by molar-refractivity contribution is -0.141. The van der Waals surface area contributed by atoms with Gasteiger partial charge in [0, 0.05) is 12.1 Å². The second-order valence-electron chi connectivity index (χ2n) is 7.64. The molecule has 0 radical (unpaired) electrons. The molecule has 1 aromatic carbocycles. The molecule has 0 saturated carbocycles. The van der Waals surface area contributed by atoms with Crippen LogP contribution in [0.1, 0.15) is 50.8 Å². The monoisotopic (exact) mass is 377 g/mol. The summed E-state index contributed by atoms with van der Waals surface area (Å²) in [6, 6.07) is 6.89. The van der Waals surface area contributed by atoms with Crippen LogP contribution in [-0.2, 0) is 14.3 Å². The number of amidine groups is 1. The fourth-order valence-electron chi connectivity index (χ4n) is 3.16. The van der Waals surface area contributed by atoms with Crippen molar-refractivity contribution >= 4 is 17.9 Å². The van der Waals surface area contributed by atoms with Crippen molar-refractivity contribution in [3.05, 3.63) is 35.4 Å². The summed E-state index contributed by atoms with van der Waals surface area (Å²) in [4.78, 5) is 26.0. The van der Waals surface area contributed by atoms with E-state index in [9.17, 15) is 9.59 Å². The molecule has 8 heteroatoms. The van der Waals surface area contributed by atoms with Crippen LogP contribution in [0.15, 0.2) is 29.4 Å². The van der Waals surface area contributed by atoms with Gasteiger partial charge in [-0.25, -0.2) is 4.79 Å². The van der Waals surface area contributed by atoms with Crippen LogP contribution in [0.4, 0.5) is 4.79 Å². The van der Waals surface area contributed by atoms with Crippen LogP contribution in [0.3, 0.4) is 0 Å². The molecular weight excluding hydrogens is 350 g/mol. The van der Waals surface area contributed by atoms with Gasteiger partial charge in [0.1, 0.15) is 5.60 Å². The van der Waals surface area contributed by atoms with E-state index in [0.717, 1.165) is 5.56 Å². The van der Waals surface area contributed by atoms with Gasteiger partial charge in [0.15, 0.2) is 5.84 Å². The number of hydrogen-bond donors (Lipinski definition) is 2. The fraction of sp³-hybridized carbons (Fsp3) is 0.526. The summed E-state index contributed by atoms with van der Waals surface area (Å²) in [5.74, 6) is -0.300. The number of amides is 1. The Bertz CT molecular complexity index is 709. The van der Waals surface area contributed by atoms with E-state index >= 15 is 0 Å². The van der Waals surface area contributed by atoms with Gasteiger partial charge in [-0.3, -0.25) is 4.79 Å². The minimum absolute atomic E-state index is 0.0144. The largest absolute Gasteiger partial charge is 0.469 e. The molecular formula is C19H27N3O5. The molecule has 1 aliphatic heterocycles. The Morgan fingerprint density at radius 2 is 1.93 bits per heavy atom. The summed E-state index contributed by atoms with van der Waals surface area (Å²) in [7, 11) is 1.35. The average molecular weight is 377 g/mol. The summed E-state index contributed by atoms with van der Waals surface area (Å²) in [6.45, 7) is 5.85. The fourth-order valence-corrected chi connectivity index (χ4v) is 3.16. The molecule has 2 atom stereocenters. The van der Waals surface area contributed by atoms with Crippen molar-refractivity contribution in [3.63, 3.8) is 0 Å². The van der Waals surface area contributed by atoms with Crippen LogP contribution in [0.25, 0.3) is 0 Å². The zero-order valence-corrected chi connectivity index (χ0v) is 16.1. The van der Waals surface area contributed by atoms with Crippen LogP contribution in [0, 0.1) is 5.92 Å². The SMILES string of the molecule is COC(=O)C[C@H]1C[C@@H](c2ccc(C(N)=NO)cc2)N(C(=O)OC(C)(C)C)C1. The second-order valence-corrected chi connectivity index (χ2v) is 7.64. The molecule has 3 N–H and O–H groups in total. The number of benzene rings is 1. The smallest absolute Gasteiger partial charge is 0.410 e. The first-order valence-electron chi connectivity index (χ1n) is 8.79. The van der Waals surface area contributed by atoms with Gasteiger partial charge in [-0.05, 0) is 38.7 Å². The van der Waals surface area contributed by atoms with Gasteiger partial charge in [-0.1, -0.05) is 29.4 Å². The number of ether oxygens (including phenoxy) is 2. The van der Waals surface area contributed by atoms with E-state index in [2.05, 4.69) is 5.16 Å². The number of hydrogen-bond acceptors (Lipinski definition) is 6. The van der Waals surface area contributed by atoms with Crippen LogP contribution in [0.5, 0.6) is 0 Å². The van der Waals surface area contributed by atoms with Crippen molar-refractivity contribution in [3.8, 4) is 0 Å². The van der Waals surface area contributed by atoms with E-state index in [1.54, 1.807) is 17.0 Å². The lowest BCUT2D eigenvalue weighted by atomic mass is 9.97. The highest BCUT2D eigenvalue weighted by Gasteiger charge is 2.39. The van der Waals surface area contributed by atoms with Crippen LogP contribution < -0.4 is 5.73 Å². The number of carbonyl (C=O) groups is 2. The van der Waals surface area contributed by atoms with Crippen molar-refractivity contribution in [2.75, 3.05) is 13.7 Å². The van der Waals surface area contributed by atoms with Gasteiger partial charge >= 0.3 is 12.1 Å². The maximum absolute atomic E-state index is 12.7. The van der Waals surface area contributed by atoms with Gasteiger partial charge in [0.2, 0.25) is 0 Å². The van der Waals surface area contributed by atoms with E-state index in [4.69, 9.17) is 20.4 Å². The molecule has 8 nitrogen and oxygen atoms in total. The lowest BCUT2D eigenvalue weighted by Crippen LogP contribution is -2.37. The number of nitrogens with two attached hydrogens (primary N) is 1. The number of oxime groups is 1. The Morgan fingerprint density at radius 3 is 2.44 bits per heavy atom. The van der Waals surface area contributed by atoms with Crippen molar-refractivity contribution in [2.24, 2.45) is 16.8 Å². The minimum atomic E-state index is -0.613. The molecule has 0 spiro atoms. The number of methoxy groups -OCH3 is 1. The Hall–Kier alpha value is -2.77. The zero-order valence-electron chi connectivity index (χ0n) is 16.1. The minimum Gasteiger partial charge on any atom is -0.469 e. The molecule has 1 aromatic rings. The molecule has 1 saturated heterocycles. The predicted molar refractivity (Wildman–Crippen MR) is 99.4 cm³/mol. The highest BCUT2D eigenvalue weighted by molar-refractivity contribution is 5.97. The van der Waals surface area contributed by atoms with Crippen LogP contribution in [-0.4, -0.2) is 47.3 Å². The Balaban J connectivity index is 2.25. The predicted octanol–water partition coefficient (Wildman–Crippen LogP) is 2.64.